The molecule has 0 radical (unpaired) electrons. The minimum atomic E-state index is 0.322. The summed E-state index contributed by atoms with van der Waals surface area (Å²) in [5.74, 6) is 0. The van der Waals surface area contributed by atoms with Crippen molar-refractivity contribution >= 4 is 5.71 Å². The molecule has 1 aliphatic rings. The number of ether oxygens (including phenoxy) is 1. The van der Waals surface area contributed by atoms with Crippen molar-refractivity contribution in [2.75, 3.05) is 32.8 Å². The monoisotopic (exact) mass is 248 g/mol. The van der Waals surface area contributed by atoms with E-state index in [4.69, 9.17) is 15.9 Å². The fraction of sp³-hybridized carbons (Fsp3) is 0.462. The topological polar surface area (TPSA) is 78.1 Å². The molecule has 98 valence electrons. The van der Waals surface area contributed by atoms with Crippen LogP contribution in [0.15, 0.2) is 24.4 Å². The Morgan fingerprint density at radius 1 is 1.50 bits per heavy atom. The molecule has 0 atom stereocenters. The Morgan fingerprint density at radius 2 is 2.22 bits per heavy atom. The lowest BCUT2D eigenvalue weighted by molar-refractivity contribution is 0.0337. The second kappa shape index (κ2) is 5.95. The van der Waals surface area contributed by atoms with Gasteiger partial charge in [0.25, 0.3) is 0 Å². The third-order valence-corrected chi connectivity index (χ3v) is 3.13. The number of aromatic nitrogens is 1. The van der Waals surface area contributed by atoms with Gasteiger partial charge in [0.1, 0.15) is 0 Å². The summed E-state index contributed by atoms with van der Waals surface area (Å²) in [5.41, 5.74) is 8.54. The van der Waals surface area contributed by atoms with Gasteiger partial charge in [-0.05, 0) is 11.6 Å². The maximum absolute atomic E-state index is 7.94. The molecule has 0 saturated carbocycles. The van der Waals surface area contributed by atoms with Crippen LogP contribution in [-0.4, -0.2) is 48.4 Å². The molecule has 0 amide bonds. The molecule has 1 aromatic rings. The van der Waals surface area contributed by atoms with E-state index in [-0.39, 0.29) is 0 Å². The van der Waals surface area contributed by atoms with E-state index in [1.165, 1.54) is 0 Å². The molecule has 5 heteroatoms. The Balaban J connectivity index is 1.97. The fourth-order valence-electron chi connectivity index (χ4n) is 1.98. The van der Waals surface area contributed by atoms with Crippen molar-refractivity contribution in [3.05, 3.63) is 35.7 Å². The summed E-state index contributed by atoms with van der Waals surface area (Å²) in [6.07, 6.45) is 1.85. The molecular weight excluding hydrogens is 228 g/mol. The number of nitrogens with two attached hydrogens (primary N) is 1. The Labute approximate surface area is 107 Å². The van der Waals surface area contributed by atoms with Crippen LogP contribution in [0.1, 0.15) is 11.3 Å². The number of hydrogen-bond acceptors (Lipinski definition) is 4. The van der Waals surface area contributed by atoms with Gasteiger partial charge >= 0.3 is 0 Å². The largest absolute Gasteiger partial charge is 0.379 e. The average molecular weight is 248 g/mol. The zero-order chi connectivity index (χ0) is 13.0. The van der Waals surface area contributed by atoms with Crippen LogP contribution in [0, 0.1) is 5.41 Å². The van der Waals surface area contributed by atoms with Crippen LogP contribution in [0.2, 0.25) is 0 Å². The molecule has 1 fully saturated rings. The van der Waals surface area contributed by atoms with Gasteiger partial charge in [-0.15, -0.1) is 0 Å². The summed E-state index contributed by atoms with van der Waals surface area (Å²) in [6.45, 7) is 8.49. The highest BCUT2D eigenvalue weighted by molar-refractivity contribution is 6.10. The third kappa shape index (κ3) is 3.07. The lowest BCUT2D eigenvalue weighted by Crippen LogP contribution is -2.35. The highest BCUT2D eigenvalue weighted by Crippen LogP contribution is 2.11. The first-order valence-electron chi connectivity index (χ1n) is 6.15. The fourth-order valence-corrected chi connectivity index (χ4v) is 1.98. The standard InChI is InChI=1S/C13H20N4O/c1-10(7-14)13(15)11-6-12(16-8-11)9-17-2-4-18-5-3-17/h6,8,15-16H,1-5,7,9,14H2. The Hall–Kier alpha value is -1.43. The van der Waals surface area contributed by atoms with E-state index in [9.17, 15) is 0 Å². The number of nitrogens with zero attached hydrogens (tertiary/aromatic N) is 1. The predicted octanol–water partition coefficient (Wildman–Crippen LogP) is 0.730. The molecular formula is C13H20N4O. The van der Waals surface area contributed by atoms with Crippen molar-refractivity contribution in [2.24, 2.45) is 5.73 Å². The van der Waals surface area contributed by atoms with Gasteiger partial charge in [0, 0.05) is 43.6 Å². The van der Waals surface area contributed by atoms with Gasteiger partial charge in [-0.25, -0.2) is 0 Å². The average Bonchev–Trinajstić information content (AvgIpc) is 2.86. The molecule has 1 aromatic heterocycles. The quantitative estimate of drug-likeness (QED) is 0.672. The molecule has 0 unspecified atom stereocenters. The first-order valence-corrected chi connectivity index (χ1v) is 6.15. The summed E-state index contributed by atoms with van der Waals surface area (Å²) < 4.78 is 5.32. The van der Waals surface area contributed by atoms with Gasteiger partial charge in [0.05, 0.1) is 18.9 Å². The second-order valence-electron chi connectivity index (χ2n) is 4.48. The van der Waals surface area contributed by atoms with E-state index in [1.807, 2.05) is 12.3 Å². The van der Waals surface area contributed by atoms with E-state index in [0.29, 0.717) is 17.8 Å². The van der Waals surface area contributed by atoms with E-state index in [2.05, 4.69) is 16.5 Å². The molecule has 1 aliphatic heterocycles. The van der Waals surface area contributed by atoms with Crippen LogP contribution in [0.25, 0.3) is 0 Å². The molecule has 1 saturated heterocycles. The highest BCUT2D eigenvalue weighted by Gasteiger charge is 2.13. The predicted molar refractivity (Wildman–Crippen MR) is 71.9 cm³/mol. The number of hydrogen-bond donors (Lipinski definition) is 3. The van der Waals surface area contributed by atoms with E-state index >= 15 is 0 Å². The van der Waals surface area contributed by atoms with Crippen molar-refractivity contribution in [1.29, 1.82) is 5.41 Å². The number of H-pyrrole nitrogens is 1. The van der Waals surface area contributed by atoms with Crippen LogP contribution < -0.4 is 5.73 Å². The highest BCUT2D eigenvalue weighted by atomic mass is 16.5. The Bertz CT molecular complexity index is 432. The molecule has 0 bridgehead atoms. The lowest BCUT2D eigenvalue weighted by atomic mass is 10.1. The van der Waals surface area contributed by atoms with Crippen molar-refractivity contribution < 1.29 is 4.74 Å². The smallest absolute Gasteiger partial charge is 0.0666 e. The number of morpholine rings is 1. The number of rotatable bonds is 5. The van der Waals surface area contributed by atoms with E-state index in [0.717, 1.165) is 44.1 Å². The Morgan fingerprint density at radius 3 is 2.89 bits per heavy atom. The first-order chi connectivity index (χ1) is 8.70. The van der Waals surface area contributed by atoms with Crippen LogP contribution in [-0.2, 0) is 11.3 Å². The molecule has 2 rings (SSSR count). The van der Waals surface area contributed by atoms with Gasteiger partial charge in [0.15, 0.2) is 0 Å². The molecule has 5 nitrogen and oxygen atoms in total. The maximum Gasteiger partial charge on any atom is 0.0666 e. The zero-order valence-corrected chi connectivity index (χ0v) is 10.5. The SMILES string of the molecule is C=C(CN)C(=N)c1c[nH]c(CN2CCOCC2)c1. The van der Waals surface area contributed by atoms with Gasteiger partial charge in [-0.2, -0.15) is 0 Å². The summed E-state index contributed by atoms with van der Waals surface area (Å²) in [5, 5.41) is 7.94. The van der Waals surface area contributed by atoms with Gasteiger partial charge in [0.2, 0.25) is 0 Å². The minimum Gasteiger partial charge on any atom is -0.379 e. The van der Waals surface area contributed by atoms with Crippen molar-refractivity contribution in [3.63, 3.8) is 0 Å². The molecule has 0 aliphatic carbocycles. The third-order valence-electron chi connectivity index (χ3n) is 3.13. The lowest BCUT2D eigenvalue weighted by Gasteiger charge is -2.25. The minimum absolute atomic E-state index is 0.322. The van der Waals surface area contributed by atoms with Crippen molar-refractivity contribution in [1.82, 2.24) is 9.88 Å². The summed E-state index contributed by atoms with van der Waals surface area (Å²) in [4.78, 5) is 5.54. The van der Waals surface area contributed by atoms with Crippen LogP contribution in [0.3, 0.4) is 0 Å². The molecule has 0 aromatic carbocycles. The zero-order valence-electron chi connectivity index (χ0n) is 10.5. The van der Waals surface area contributed by atoms with E-state index in [1.54, 1.807) is 0 Å². The second-order valence-corrected chi connectivity index (χ2v) is 4.48. The summed E-state index contributed by atoms with van der Waals surface area (Å²) >= 11 is 0. The van der Waals surface area contributed by atoms with Gasteiger partial charge in [-0.1, -0.05) is 6.58 Å². The molecule has 2 heterocycles. The van der Waals surface area contributed by atoms with Gasteiger partial charge < -0.3 is 15.5 Å². The first kappa shape index (κ1) is 13.0. The number of nitrogens with one attached hydrogen (secondary N) is 2. The van der Waals surface area contributed by atoms with E-state index < -0.39 is 0 Å². The number of aromatic amines is 1. The van der Waals surface area contributed by atoms with Crippen molar-refractivity contribution in [2.45, 2.75) is 6.54 Å². The normalized spacial score (nSPS) is 16.7. The molecule has 4 N–H and O–H groups in total. The molecule has 18 heavy (non-hydrogen) atoms. The van der Waals surface area contributed by atoms with Crippen LogP contribution >= 0.6 is 0 Å². The Kier molecular flexibility index (Phi) is 4.30. The van der Waals surface area contributed by atoms with Gasteiger partial charge in [-0.3, -0.25) is 10.3 Å². The van der Waals surface area contributed by atoms with Crippen molar-refractivity contribution in [3.8, 4) is 0 Å². The summed E-state index contributed by atoms with van der Waals surface area (Å²) in [7, 11) is 0. The van der Waals surface area contributed by atoms with Crippen LogP contribution in [0.4, 0.5) is 0 Å². The molecule has 0 spiro atoms. The van der Waals surface area contributed by atoms with Crippen LogP contribution in [0.5, 0.6) is 0 Å². The maximum atomic E-state index is 7.94. The summed E-state index contributed by atoms with van der Waals surface area (Å²) in [6, 6.07) is 2.00.